The Labute approximate surface area is 204 Å². The van der Waals surface area contributed by atoms with E-state index in [2.05, 4.69) is 33.7 Å². The Kier molecular flexibility index (Phi) is 61.1. The van der Waals surface area contributed by atoms with Gasteiger partial charge in [0.15, 0.2) is 0 Å². The predicted molar refractivity (Wildman–Crippen MR) is 133 cm³/mol. The molecule has 0 unspecified atom stereocenters. The maximum absolute atomic E-state index is 8.26. The Bertz CT molecular complexity index is 384. The Morgan fingerprint density at radius 3 is 0.969 bits per heavy atom. The summed E-state index contributed by atoms with van der Waals surface area (Å²) in [6, 6.07) is 0. The third kappa shape index (κ3) is 56.8. The number of halogens is 1. The molecule has 0 radical (unpaired) electrons. The molecule has 0 aliphatic carbocycles. The number of hydrogen-bond donors (Lipinski definition) is 2. The van der Waals surface area contributed by atoms with E-state index in [1.165, 1.54) is 0 Å². The zero-order valence-electron chi connectivity index (χ0n) is 17.6. The molecule has 190 valence electrons. The van der Waals surface area contributed by atoms with Crippen molar-refractivity contribution in [2.45, 2.75) is 14.9 Å². The summed E-state index contributed by atoms with van der Waals surface area (Å²) >= 11 is 3.01. The molecule has 2 N–H and O–H groups in total. The number of alkyl halides is 1. The van der Waals surface area contributed by atoms with Crippen molar-refractivity contribution in [1.82, 2.24) is 0 Å². The van der Waals surface area contributed by atoms with Crippen LogP contribution in [0.25, 0.3) is 0 Å². The lowest BCUT2D eigenvalue weighted by Gasteiger charge is -2.05. The molecule has 8 nitrogen and oxygen atoms in total. The van der Waals surface area contributed by atoms with E-state index in [1.54, 1.807) is 0 Å². The lowest BCUT2D eigenvalue weighted by Crippen LogP contribution is -2.11. The molecule has 0 spiro atoms. The molecular weight excluding hydrogens is 484 g/mol. The minimum Gasteiger partial charge on any atom is -0.394 e. The number of rotatable bonds is 18. The van der Waals surface area contributed by atoms with Gasteiger partial charge >= 0.3 is 0 Å². The molecule has 0 aromatic carbocycles. The zero-order valence-corrected chi connectivity index (χ0v) is 19.1. The van der Waals surface area contributed by atoms with Crippen molar-refractivity contribution in [2.75, 3.05) is 97.8 Å². The second-order valence-electron chi connectivity index (χ2n) is 4.75. The van der Waals surface area contributed by atoms with Crippen LogP contribution in [-0.4, -0.2) is 108 Å². The van der Waals surface area contributed by atoms with E-state index < -0.39 is 0 Å². The van der Waals surface area contributed by atoms with Crippen molar-refractivity contribution in [3.8, 4) is 37.0 Å². The van der Waals surface area contributed by atoms with Crippen molar-refractivity contribution in [3.63, 3.8) is 0 Å². The van der Waals surface area contributed by atoms with Gasteiger partial charge in [0.1, 0.15) is 13.2 Å². The first-order valence-electron chi connectivity index (χ1n) is 9.29. The van der Waals surface area contributed by atoms with Crippen LogP contribution in [0.1, 0.15) is 14.9 Å². The molecule has 0 amide bonds. The summed E-state index contributed by atoms with van der Waals surface area (Å²) in [6.45, 7) is 5.52. The van der Waals surface area contributed by atoms with Crippen LogP contribution in [0.4, 0.5) is 0 Å². The van der Waals surface area contributed by atoms with Gasteiger partial charge in [0.25, 0.3) is 0 Å². The normalized spacial score (nSPS) is 8.62. The molecule has 32 heavy (non-hydrogen) atoms. The van der Waals surface area contributed by atoms with Gasteiger partial charge in [-0.05, 0) is 0 Å². The van der Waals surface area contributed by atoms with Gasteiger partial charge in [-0.15, -0.1) is 19.3 Å². The quantitative estimate of drug-likeness (QED) is 0.158. The SMILES string of the molecule is C.C.C#CCBr.C#CCOCCOCCOCCOCC#C.OCCOCCOCCO. The minimum atomic E-state index is 0. The fourth-order valence-corrected chi connectivity index (χ4v) is 1.27. The molecule has 0 rings (SSSR count). The van der Waals surface area contributed by atoms with Crippen LogP contribution in [0.3, 0.4) is 0 Å². The van der Waals surface area contributed by atoms with Gasteiger partial charge in [0.2, 0.25) is 0 Å². The van der Waals surface area contributed by atoms with Gasteiger partial charge in [0.05, 0.1) is 84.6 Å². The third-order valence-electron chi connectivity index (χ3n) is 2.41. The maximum Gasteiger partial charge on any atom is 0.107 e. The summed E-state index contributed by atoms with van der Waals surface area (Å²) in [5, 5.41) is 17.2. The Balaban J connectivity index is -0.000000131. The third-order valence-corrected chi connectivity index (χ3v) is 2.73. The van der Waals surface area contributed by atoms with E-state index in [0.717, 1.165) is 0 Å². The second-order valence-corrected chi connectivity index (χ2v) is 5.31. The van der Waals surface area contributed by atoms with E-state index in [-0.39, 0.29) is 28.1 Å². The first kappa shape index (κ1) is 41.1. The standard InChI is InChI=1S/C12H18O4.C6H14O4.C3H3Br.2CH4/c1-3-5-13-7-9-15-11-12-16-10-8-14-6-4-2;7-1-3-9-5-6-10-4-2-8;1-2-3-4;;/h1-2H,5-12H2;7-8H,1-6H2;1H,3H2;2*1H4. The molecule has 0 aromatic rings. The molecule has 0 aromatic heterocycles. The van der Waals surface area contributed by atoms with Crippen LogP contribution < -0.4 is 0 Å². The molecule has 9 heteroatoms. The summed E-state index contributed by atoms with van der Waals surface area (Å²) in [7, 11) is 0. The van der Waals surface area contributed by atoms with E-state index in [9.17, 15) is 0 Å². The van der Waals surface area contributed by atoms with E-state index in [1.807, 2.05) is 0 Å². The molecule has 0 heterocycles. The van der Waals surface area contributed by atoms with Crippen LogP contribution >= 0.6 is 15.9 Å². The monoisotopic (exact) mass is 526 g/mol. The molecule has 0 saturated carbocycles. The van der Waals surface area contributed by atoms with Crippen molar-refractivity contribution in [3.05, 3.63) is 0 Å². The van der Waals surface area contributed by atoms with Crippen molar-refractivity contribution in [1.29, 1.82) is 0 Å². The van der Waals surface area contributed by atoms with Gasteiger partial charge in [-0.3, -0.25) is 0 Å². The van der Waals surface area contributed by atoms with Crippen LogP contribution in [0, 0.1) is 37.0 Å². The van der Waals surface area contributed by atoms with Gasteiger partial charge in [0, 0.05) is 0 Å². The lowest BCUT2D eigenvalue weighted by molar-refractivity contribution is 0.00487. The number of terminal acetylenes is 3. The number of hydrogen-bond acceptors (Lipinski definition) is 8. The molecule has 0 aliphatic heterocycles. The topological polar surface area (TPSA) is 95.8 Å². The summed E-state index contributed by atoms with van der Waals surface area (Å²) < 4.78 is 30.2. The maximum atomic E-state index is 8.26. The highest BCUT2D eigenvalue weighted by Gasteiger charge is 1.91. The average Bonchev–Trinajstić information content (AvgIpc) is 2.77. The van der Waals surface area contributed by atoms with Gasteiger partial charge < -0.3 is 38.6 Å². The van der Waals surface area contributed by atoms with Gasteiger partial charge in [-0.1, -0.05) is 48.5 Å². The van der Waals surface area contributed by atoms with E-state index >= 15 is 0 Å². The minimum absolute atomic E-state index is 0. The summed E-state index contributed by atoms with van der Waals surface area (Å²) in [4.78, 5) is 0. The van der Waals surface area contributed by atoms with Gasteiger partial charge in [-0.25, -0.2) is 0 Å². The van der Waals surface area contributed by atoms with Crippen LogP contribution in [0.2, 0.25) is 0 Å². The first-order valence-corrected chi connectivity index (χ1v) is 10.4. The number of aliphatic hydroxyl groups excluding tert-OH is 2. The fourth-order valence-electron chi connectivity index (χ4n) is 1.27. The number of aliphatic hydroxyl groups is 2. The van der Waals surface area contributed by atoms with Gasteiger partial charge in [-0.2, -0.15) is 0 Å². The number of ether oxygens (including phenoxy) is 6. The molecule has 0 atom stereocenters. The zero-order chi connectivity index (χ0) is 23.0. The summed E-state index contributed by atoms with van der Waals surface area (Å²) in [5.41, 5.74) is 0. The smallest absolute Gasteiger partial charge is 0.107 e. The Hall–Kier alpha value is -1.16. The first-order chi connectivity index (χ1) is 14.7. The lowest BCUT2D eigenvalue weighted by atomic mass is 10.7. The summed E-state index contributed by atoms with van der Waals surface area (Å²) in [5.74, 6) is 7.09. The van der Waals surface area contributed by atoms with Crippen molar-refractivity contribution in [2.24, 2.45) is 0 Å². The molecule has 0 aliphatic rings. The molecule has 0 saturated heterocycles. The fraction of sp³-hybridized carbons (Fsp3) is 0.739. The van der Waals surface area contributed by atoms with Crippen LogP contribution in [-0.2, 0) is 28.4 Å². The largest absolute Gasteiger partial charge is 0.394 e. The highest BCUT2D eigenvalue weighted by Crippen LogP contribution is 1.82. The van der Waals surface area contributed by atoms with Crippen LogP contribution in [0.15, 0.2) is 0 Å². The average molecular weight is 527 g/mol. The summed E-state index contributed by atoms with van der Waals surface area (Å²) in [6.07, 6.45) is 14.7. The molecular formula is C23H43BrO8. The Morgan fingerprint density at radius 2 is 0.750 bits per heavy atom. The van der Waals surface area contributed by atoms with Crippen LogP contribution in [0.5, 0.6) is 0 Å². The second kappa shape index (κ2) is 47.6. The molecule has 0 fully saturated rings. The highest BCUT2D eigenvalue weighted by molar-refractivity contribution is 9.09. The Morgan fingerprint density at radius 1 is 0.500 bits per heavy atom. The molecule has 0 bridgehead atoms. The van der Waals surface area contributed by atoms with E-state index in [4.69, 9.17) is 57.9 Å². The van der Waals surface area contributed by atoms with E-state index in [0.29, 0.717) is 84.6 Å². The van der Waals surface area contributed by atoms with Crippen molar-refractivity contribution >= 4 is 15.9 Å². The van der Waals surface area contributed by atoms with Crippen molar-refractivity contribution < 1.29 is 38.6 Å². The highest BCUT2D eigenvalue weighted by atomic mass is 79.9. The predicted octanol–water partition coefficient (Wildman–Crippen LogP) is 1.61.